The van der Waals surface area contributed by atoms with Crippen molar-refractivity contribution in [1.82, 2.24) is 9.21 Å². The molecule has 0 heterocycles. The van der Waals surface area contributed by atoms with Crippen LogP contribution in [0.4, 0.5) is 0 Å². The minimum absolute atomic E-state index is 0.0517. The summed E-state index contributed by atoms with van der Waals surface area (Å²) in [5.74, 6) is -1.16. The van der Waals surface area contributed by atoms with Crippen LogP contribution in [0.1, 0.15) is 41.4 Å². The van der Waals surface area contributed by atoms with Gasteiger partial charge in [-0.3, -0.25) is 4.79 Å². The molecule has 0 saturated heterocycles. The Hall–Kier alpha value is -2.71. The predicted molar refractivity (Wildman–Crippen MR) is 115 cm³/mol. The number of carbonyl (C=O) groups excluding carboxylic acids is 2. The highest BCUT2D eigenvalue weighted by Crippen LogP contribution is 2.25. The van der Waals surface area contributed by atoms with Gasteiger partial charge < -0.3 is 9.64 Å². The summed E-state index contributed by atoms with van der Waals surface area (Å²) in [5.41, 5.74) is 1.13. The Balaban J connectivity index is 2.42. The second-order valence-electron chi connectivity index (χ2n) is 7.00. The summed E-state index contributed by atoms with van der Waals surface area (Å²) in [5, 5.41) is 0. The molecular formula is C22H28N2O5S. The number of ether oxygens (including phenoxy) is 1. The van der Waals surface area contributed by atoms with Gasteiger partial charge in [0, 0.05) is 32.7 Å². The van der Waals surface area contributed by atoms with Gasteiger partial charge in [-0.05, 0) is 24.6 Å². The van der Waals surface area contributed by atoms with Crippen molar-refractivity contribution in [3.05, 3.63) is 65.2 Å². The van der Waals surface area contributed by atoms with E-state index in [4.69, 9.17) is 4.74 Å². The standard InChI is InChI=1S/C22H28N2O5S/c1-6-24(7-2)30(27,28)19-15-18(14-13-16(19)3)22(26)29-20(21(25)23(4)5)17-11-9-8-10-12-17/h8-15,20H,6-7H2,1-5H3. The predicted octanol–water partition coefficient (Wildman–Crippen LogP) is 3.01. The monoisotopic (exact) mass is 432 g/mol. The van der Waals surface area contributed by atoms with Gasteiger partial charge in [0.2, 0.25) is 16.1 Å². The van der Waals surface area contributed by atoms with E-state index >= 15 is 0 Å². The molecule has 2 aromatic carbocycles. The van der Waals surface area contributed by atoms with Crippen molar-refractivity contribution in [3.8, 4) is 0 Å². The molecule has 0 spiro atoms. The number of nitrogens with zero attached hydrogens (tertiary/aromatic N) is 2. The summed E-state index contributed by atoms with van der Waals surface area (Å²) in [6, 6.07) is 13.1. The Kier molecular flexibility index (Phi) is 7.75. The molecule has 0 bridgehead atoms. The highest BCUT2D eigenvalue weighted by molar-refractivity contribution is 7.89. The van der Waals surface area contributed by atoms with Crippen LogP contribution in [0.5, 0.6) is 0 Å². The molecule has 0 N–H and O–H groups in total. The molecule has 2 rings (SSSR count). The Morgan fingerprint density at radius 3 is 2.13 bits per heavy atom. The second kappa shape index (κ2) is 9.86. The summed E-state index contributed by atoms with van der Waals surface area (Å²) in [6.45, 7) is 5.83. The molecule has 0 fully saturated rings. The van der Waals surface area contributed by atoms with Gasteiger partial charge in [-0.15, -0.1) is 0 Å². The van der Waals surface area contributed by atoms with Crippen molar-refractivity contribution in [2.75, 3.05) is 27.2 Å². The molecule has 0 aliphatic heterocycles. The number of hydrogen-bond donors (Lipinski definition) is 0. The van der Waals surface area contributed by atoms with Gasteiger partial charge in [0.05, 0.1) is 10.5 Å². The van der Waals surface area contributed by atoms with Crippen molar-refractivity contribution >= 4 is 21.9 Å². The van der Waals surface area contributed by atoms with E-state index in [-0.39, 0.29) is 10.5 Å². The molecule has 162 valence electrons. The van der Waals surface area contributed by atoms with Crippen LogP contribution in [-0.2, 0) is 19.6 Å². The molecule has 1 unspecified atom stereocenters. The molecule has 8 heteroatoms. The van der Waals surface area contributed by atoms with Gasteiger partial charge in [0.15, 0.2) is 0 Å². The summed E-state index contributed by atoms with van der Waals surface area (Å²) >= 11 is 0. The first-order valence-electron chi connectivity index (χ1n) is 9.71. The van der Waals surface area contributed by atoms with E-state index in [1.165, 1.54) is 21.3 Å². The number of amides is 1. The van der Waals surface area contributed by atoms with E-state index in [1.54, 1.807) is 71.3 Å². The fourth-order valence-corrected chi connectivity index (χ4v) is 4.71. The van der Waals surface area contributed by atoms with Gasteiger partial charge in [0.1, 0.15) is 0 Å². The van der Waals surface area contributed by atoms with Gasteiger partial charge in [-0.1, -0.05) is 50.2 Å². The van der Waals surface area contributed by atoms with Gasteiger partial charge in [0.25, 0.3) is 5.91 Å². The molecule has 0 aromatic heterocycles. The zero-order chi connectivity index (χ0) is 22.5. The van der Waals surface area contributed by atoms with Gasteiger partial charge in [-0.2, -0.15) is 4.31 Å². The Morgan fingerprint density at radius 1 is 1.00 bits per heavy atom. The zero-order valence-corrected chi connectivity index (χ0v) is 18.8. The minimum atomic E-state index is -3.75. The van der Waals surface area contributed by atoms with Crippen LogP contribution in [0.3, 0.4) is 0 Å². The maximum atomic E-state index is 12.9. The second-order valence-corrected chi connectivity index (χ2v) is 8.90. The number of esters is 1. The van der Waals surface area contributed by atoms with Crippen LogP contribution < -0.4 is 0 Å². The fraction of sp³-hybridized carbons (Fsp3) is 0.364. The third-order valence-corrected chi connectivity index (χ3v) is 6.93. The molecular weight excluding hydrogens is 404 g/mol. The number of carbonyl (C=O) groups is 2. The molecule has 2 aromatic rings. The van der Waals surface area contributed by atoms with Crippen LogP contribution in [0.25, 0.3) is 0 Å². The molecule has 0 saturated carbocycles. The highest BCUT2D eigenvalue weighted by atomic mass is 32.2. The Bertz CT molecular complexity index is 999. The van der Waals surface area contributed by atoms with Crippen molar-refractivity contribution in [1.29, 1.82) is 0 Å². The lowest BCUT2D eigenvalue weighted by Gasteiger charge is -2.22. The number of sulfonamides is 1. The van der Waals surface area contributed by atoms with E-state index in [1.807, 2.05) is 0 Å². The molecule has 0 radical (unpaired) electrons. The van der Waals surface area contributed by atoms with Crippen molar-refractivity contribution in [3.63, 3.8) is 0 Å². The maximum absolute atomic E-state index is 12.9. The normalized spacial score (nSPS) is 12.5. The van der Waals surface area contributed by atoms with E-state index in [9.17, 15) is 18.0 Å². The molecule has 0 aliphatic rings. The topological polar surface area (TPSA) is 84.0 Å². The van der Waals surface area contributed by atoms with Crippen LogP contribution in [0.2, 0.25) is 0 Å². The van der Waals surface area contributed by atoms with Crippen LogP contribution in [-0.4, -0.2) is 56.7 Å². The Labute approximate surface area is 178 Å². The van der Waals surface area contributed by atoms with E-state index < -0.39 is 28.0 Å². The SMILES string of the molecule is CCN(CC)S(=O)(=O)c1cc(C(=O)OC(C(=O)N(C)C)c2ccccc2)ccc1C. The van der Waals surface area contributed by atoms with Gasteiger partial charge >= 0.3 is 5.97 Å². The molecule has 0 aliphatic carbocycles. The zero-order valence-electron chi connectivity index (χ0n) is 18.0. The van der Waals surface area contributed by atoms with E-state index in [0.29, 0.717) is 24.2 Å². The number of hydrogen-bond acceptors (Lipinski definition) is 5. The van der Waals surface area contributed by atoms with Crippen molar-refractivity contribution in [2.45, 2.75) is 31.8 Å². The highest BCUT2D eigenvalue weighted by Gasteiger charge is 2.29. The lowest BCUT2D eigenvalue weighted by Crippen LogP contribution is -2.32. The average molecular weight is 433 g/mol. The summed E-state index contributed by atoms with van der Waals surface area (Å²) < 4.78 is 32.7. The van der Waals surface area contributed by atoms with Gasteiger partial charge in [-0.25, -0.2) is 13.2 Å². The summed E-state index contributed by atoms with van der Waals surface area (Å²) in [7, 11) is -0.596. The van der Waals surface area contributed by atoms with Crippen LogP contribution in [0.15, 0.2) is 53.4 Å². The van der Waals surface area contributed by atoms with Crippen LogP contribution in [0, 0.1) is 6.92 Å². The maximum Gasteiger partial charge on any atom is 0.339 e. The minimum Gasteiger partial charge on any atom is -0.444 e. The largest absolute Gasteiger partial charge is 0.444 e. The summed E-state index contributed by atoms with van der Waals surface area (Å²) in [4.78, 5) is 26.9. The first-order valence-corrected chi connectivity index (χ1v) is 11.1. The lowest BCUT2D eigenvalue weighted by molar-refractivity contribution is -0.138. The van der Waals surface area contributed by atoms with E-state index in [0.717, 1.165) is 0 Å². The first-order chi connectivity index (χ1) is 14.1. The number of likely N-dealkylation sites (N-methyl/N-ethyl adjacent to an activating group) is 1. The summed E-state index contributed by atoms with van der Waals surface area (Å²) in [6.07, 6.45) is -1.13. The average Bonchev–Trinajstić information content (AvgIpc) is 2.72. The Morgan fingerprint density at radius 2 is 1.60 bits per heavy atom. The quantitative estimate of drug-likeness (QED) is 0.599. The number of aryl methyl sites for hydroxylation is 1. The van der Waals surface area contributed by atoms with Crippen LogP contribution >= 0.6 is 0 Å². The molecule has 1 atom stereocenters. The smallest absolute Gasteiger partial charge is 0.339 e. The third kappa shape index (κ3) is 5.06. The molecule has 1 amide bonds. The van der Waals surface area contributed by atoms with Crippen molar-refractivity contribution in [2.24, 2.45) is 0 Å². The first kappa shape index (κ1) is 23.6. The van der Waals surface area contributed by atoms with E-state index in [2.05, 4.69) is 0 Å². The fourth-order valence-electron chi connectivity index (χ4n) is 3.01. The van der Waals surface area contributed by atoms with Crippen molar-refractivity contribution < 1.29 is 22.7 Å². The third-order valence-electron chi connectivity index (χ3n) is 4.74. The molecule has 30 heavy (non-hydrogen) atoms. The lowest BCUT2D eigenvalue weighted by atomic mass is 10.1. The number of benzene rings is 2. The molecule has 7 nitrogen and oxygen atoms in total. The number of rotatable bonds is 8.